The summed E-state index contributed by atoms with van der Waals surface area (Å²) < 4.78 is 6.81. The first-order chi connectivity index (χ1) is 10.7. The summed E-state index contributed by atoms with van der Waals surface area (Å²) in [5.74, 6) is 0.303. The molecule has 1 heterocycles. The lowest BCUT2D eigenvalue weighted by molar-refractivity contribution is -0.118. The molecule has 2 rings (SSSR count). The molecular formula is C15H20N4O2S. The summed E-state index contributed by atoms with van der Waals surface area (Å²) in [5, 5.41) is 11.6. The zero-order valence-corrected chi connectivity index (χ0v) is 13.6. The lowest BCUT2D eigenvalue weighted by atomic mass is 10.2. The van der Waals surface area contributed by atoms with E-state index in [4.69, 9.17) is 4.74 Å². The lowest BCUT2D eigenvalue weighted by Gasteiger charge is -2.07. The Morgan fingerprint density at radius 1 is 1.36 bits per heavy atom. The highest BCUT2D eigenvalue weighted by atomic mass is 32.2. The second kappa shape index (κ2) is 8.55. The summed E-state index contributed by atoms with van der Waals surface area (Å²) in [7, 11) is 1.65. The smallest absolute Gasteiger partial charge is 0.230 e. The van der Waals surface area contributed by atoms with Crippen molar-refractivity contribution < 1.29 is 9.53 Å². The summed E-state index contributed by atoms with van der Waals surface area (Å²) in [6, 6.07) is 8.08. The first-order valence-corrected chi connectivity index (χ1v) is 8.05. The second-order valence-corrected chi connectivity index (χ2v) is 5.75. The number of carbonyl (C=O) groups is 1. The molecule has 0 spiro atoms. The number of thioether (sulfide) groups is 1. The Bertz CT molecular complexity index is 598. The number of benzene rings is 1. The summed E-state index contributed by atoms with van der Waals surface area (Å²) >= 11 is 1.37. The minimum atomic E-state index is -0.0143. The molecule has 0 unspecified atom stereocenters. The van der Waals surface area contributed by atoms with Crippen molar-refractivity contribution in [1.29, 1.82) is 0 Å². The summed E-state index contributed by atoms with van der Waals surface area (Å²) in [5.41, 5.74) is 2.18. The standard InChI is InChI=1S/C15H20N4O2S/c1-12-4-6-13(7-5-12)19-11-17-18-15(19)22-10-14(20)16-8-3-9-21-2/h4-7,11H,3,8-10H2,1-2H3,(H,16,20). The van der Waals surface area contributed by atoms with Gasteiger partial charge in [0.2, 0.25) is 5.91 Å². The van der Waals surface area contributed by atoms with Gasteiger partial charge in [-0.15, -0.1) is 10.2 Å². The molecule has 0 aliphatic carbocycles. The molecule has 22 heavy (non-hydrogen) atoms. The van der Waals surface area contributed by atoms with Crippen LogP contribution in [0, 0.1) is 6.92 Å². The lowest BCUT2D eigenvalue weighted by Crippen LogP contribution is -2.26. The van der Waals surface area contributed by atoms with Crippen molar-refractivity contribution in [3.8, 4) is 5.69 Å². The van der Waals surface area contributed by atoms with E-state index in [1.54, 1.807) is 13.4 Å². The van der Waals surface area contributed by atoms with Crippen LogP contribution in [0.5, 0.6) is 0 Å². The van der Waals surface area contributed by atoms with Crippen LogP contribution in [-0.4, -0.2) is 46.7 Å². The number of carbonyl (C=O) groups excluding carboxylic acids is 1. The molecule has 0 aliphatic rings. The number of aryl methyl sites for hydroxylation is 1. The quantitative estimate of drug-likeness (QED) is 0.593. The zero-order chi connectivity index (χ0) is 15.8. The van der Waals surface area contributed by atoms with Gasteiger partial charge in [-0.1, -0.05) is 29.5 Å². The normalized spacial score (nSPS) is 10.6. The van der Waals surface area contributed by atoms with Gasteiger partial charge in [-0.3, -0.25) is 9.36 Å². The van der Waals surface area contributed by atoms with Crippen molar-refractivity contribution in [2.24, 2.45) is 0 Å². The van der Waals surface area contributed by atoms with Crippen molar-refractivity contribution >= 4 is 17.7 Å². The topological polar surface area (TPSA) is 69.0 Å². The van der Waals surface area contributed by atoms with Crippen molar-refractivity contribution in [3.05, 3.63) is 36.2 Å². The molecule has 1 aromatic carbocycles. The van der Waals surface area contributed by atoms with Gasteiger partial charge in [0.1, 0.15) is 6.33 Å². The molecule has 1 N–H and O–H groups in total. The number of nitrogens with zero attached hydrogens (tertiary/aromatic N) is 3. The number of nitrogens with one attached hydrogen (secondary N) is 1. The maximum Gasteiger partial charge on any atom is 0.230 e. The largest absolute Gasteiger partial charge is 0.385 e. The Morgan fingerprint density at radius 2 is 2.14 bits per heavy atom. The number of methoxy groups -OCH3 is 1. The van der Waals surface area contributed by atoms with Gasteiger partial charge in [-0.25, -0.2) is 0 Å². The van der Waals surface area contributed by atoms with Crippen LogP contribution in [-0.2, 0) is 9.53 Å². The predicted molar refractivity (Wildman–Crippen MR) is 86.3 cm³/mol. The molecule has 6 nitrogen and oxygen atoms in total. The Balaban J connectivity index is 1.88. The van der Waals surface area contributed by atoms with Crippen LogP contribution in [0.15, 0.2) is 35.7 Å². The fraction of sp³-hybridized carbons (Fsp3) is 0.400. The van der Waals surface area contributed by atoms with E-state index in [0.717, 1.165) is 12.1 Å². The molecule has 0 atom stereocenters. The van der Waals surface area contributed by atoms with Gasteiger partial charge in [0.05, 0.1) is 5.75 Å². The summed E-state index contributed by atoms with van der Waals surface area (Å²) in [4.78, 5) is 11.8. The van der Waals surface area contributed by atoms with E-state index < -0.39 is 0 Å². The molecule has 0 radical (unpaired) electrons. The second-order valence-electron chi connectivity index (χ2n) is 4.80. The third-order valence-electron chi connectivity index (χ3n) is 3.01. The molecule has 0 bridgehead atoms. The van der Waals surface area contributed by atoms with Crippen LogP contribution < -0.4 is 5.32 Å². The average Bonchev–Trinajstić information content (AvgIpc) is 2.99. The highest BCUT2D eigenvalue weighted by molar-refractivity contribution is 7.99. The van der Waals surface area contributed by atoms with Crippen molar-refractivity contribution in [3.63, 3.8) is 0 Å². The minimum absolute atomic E-state index is 0.0143. The Hall–Kier alpha value is -1.86. The van der Waals surface area contributed by atoms with Crippen LogP contribution in [0.4, 0.5) is 0 Å². The molecule has 0 fully saturated rings. The van der Waals surface area contributed by atoms with Gasteiger partial charge >= 0.3 is 0 Å². The Kier molecular flexibility index (Phi) is 6.42. The van der Waals surface area contributed by atoms with Gasteiger partial charge in [-0.05, 0) is 25.5 Å². The van der Waals surface area contributed by atoms with Crippen LogP contribution in [0.2, 0.25) is 0 Å². The number of ether oxygens (including phenoxy) is 1. The summed E-state index contributed by atoms with van der Waals surface area (Å²) in [6.07, 6.45) is 2.47. The van der Waals surface area contributed by atoms with Crippen LogP contribution in [0.25, 0.3) is 5.69 Å². The highest BCUT2D eigenvalue weighted by Crippen LogP contribution is 2.19. The molecular weight excluding hydrogens is 300 g/mol. The molecule has 0 saturated heterocycles. The van der Waals surface area contributed by atoms with Gasteiger partial charge in [0.25, 0.3) is 0 Å². The molecule has 2 aromatic rings. The first-order valence-electron chi connectivity index (χ1n) is 7.06. The maximum atomic E-state index is 11.8. The zero-order valence-electron chi connectivity index (χ0n) is 12.8. The van der Waals surface area contributed by atoms with Gasteiger partial charge in [-0.2, -0.15) is 0 Å². The fourth-order valence-corrected chi connectivity index (χ4v) is 2.59. The van der Waals surface area contributed by atoms with Crippen LogP contribution in [0.3, 0.4) is 0 Å². The predicted octanol–water partition coefficient (Wildman–Crippen LogP) is 1.82. The fourth-order valence-electron chi connectivity index (χ4n) is 1.83. The van der Waals surface area contributed by atoms with Gasteiger partial charge < -0.3 is 10.1 Å². The van der Waals surface area contributed by atoms with E-state index >= 15 is 0 Å². The van der Waals surface area contributed by atoms with Crippen molar-refractivity contribution in [1.82, 2.24) is 20.1 Å². The Labute approximate surface area is 134 Å². The third-order valence-corrected chi connectivity index (χ3v) is 3.95. The van der Waals surface area contributed by atoms with Crippen LogP contribution in [0.1, 0.15) is 12.0 Å². The number of amides is 1. The van der Waals surface area contributed by atoms with Gasteiger partial charge in [0, 0.05) is 25.9 Å². The number of rotatable bonds is 8. The van der Waals surface area contributed by atoms with E-state index in [1.807, 2.05) is 35.8 Å². The van der Waals surface area contributed by atoms with E-state index in [9.17, 15) is 4.79 Å². The first kappa shape index (κ1) is 16.5. The molecule has 1 amide bonds. The molecule has 0 saturated carbocycles. The number of aromatic nitrogens is 3. The minimum Gasteiger partial charge on any atom is -0.385 e. The van der Waals surface area contributed by atoms with E-state index in [0.29, 0.717) is 24.1 Å². The molecule has 118 valence electrons. The van der Waals surface area contributed by atoms with Crippen LogP contribution >= 0.6 is 11.8 Å². The van der Waals surface area contributed by atoms with E-state index in [1.165, 1.54) is 17.3 Å². The van der Waals surface area contributed by atoms with Crippen molar-refractivity contribution in [2.45, 2.75) is 18.5 Å². The molecule has 0 aliphatic heterocycles. The van der Waals surface area contributed by atoms with E-state index in [2.05, 4.69) is 15.5 Å². The molecule has 1 aromatic heterocycles. The van der Waals surface area contributed by atoms with Gasteiger partial charge in [0.15, 0.2) is 5.16 Å². The van der Waals surface area contributed by atoms with Crippen molar-refractivity contribution in [2.75, 3.05) is 26.0 Å². The highest BCUT2D eigenvalue weighted by Gasteiger charge is 2.09. The molecule has 7 heteroatoms. The Morgan fingerprint density at radius 3 is 2.86 bits per heavy atom. The maximum absolute atomic E-state index is 11.8. The SMILES string of the molecule is COCCCNC(=O)CSc1nncn1-c1ccc(C)cc1. The number of hydrogen-bond acceptors (Lipinski definition) is 5. The monoisotopic (exact) mass is 320 g/mol. The number of hydrogen-bond donors (Lipinski definition) is 1. The average molecular weight is 320 g/mol. The van der Waals surface area contributed by atoms with E-state index in [-0.39, 0.29) is 5.91 Å². The summed E-state index contributed by atoms with van der Waals surface area (Å²) in [6.45, 7) is 3.31. The third kappa shape index (κ3) is 4.85.